The van der Waals surface area contributed by atoms with Crippen LogP contribution in [0, 0.1) is 4.64 Å². The van der Waals surface area contributed by atoms with Crippen molar-refractivity contribution in [2.24, 2.45) is 0 Å². The number of aromatic nitrogens is 3. The van der Waals surface area contributed by atoms with Crippen LogP contribution in [-0.2, 0) is 0 Å². The lowest BCUT2D eigenvalue weighted by Gasteiger charge is -2.01. The van der Waals surface area contributed by atoms with E-state index in [1.54, 1.807) is 0 Å². The van der Waals surface area contributed by atoms with Gasteiger partial charge in [-0.2, -0.15) is 5.10 Å². The Kier molecular flexibility index (Phi) is 3.13. The van der Waals surface area contributed by atoms with Crippen LogP contribution < -0.4 is 0 Å². The number of hydrogen-bond donors (Lipinski definition) is 1. The van der Waals surface area contributed by atoms with Crippen molar-refractivity contribution in [3.05, 3.63) is 35.0 Å². The van der Waals surface area contributed by atoms with Crippen LogP contribution in [0.2, 0.25) is 0 Å². The zero-order valence-electron chi connectivity index (χ0n) is 8.10. The molecule has 1 heterocycles. The molecule has 15 heavy (non-hydrogen) atoms. The smallest absolute Gasteiger partial charge is 0.182 e. The largest absolute Gasteiger partial charge is 0.255 e. The maximum Gasteiger partial charge on any atom is 0.182 e. The average molecular weight is 235 g/mol. The van der Waals surface area contributed by atoms with Crippen molar-refractivity contribution in [2.75, 3.05) is 6.26 Å². The van der Waals surface area contributed by atoms with E-state index in [4.69, 9.17) is 12.2 Å². The molecular weight excluding hydrogens is 226 g/mol. The molecule has 0 radical (unpaired) electrons. The van der Waals surface area contributed by atoms with E-state index in [0.29, 0.717) is 4.64 Å². The fraction of sp³-hybridized carbons (Fsp3) is 0.100. The molecule has 0 unspecified atom stereocenters. The number of nitrogens with one attached hydrogen (secondary N) is 1. The molecule has 76 valence electrons. The van der Waals surface area contributed by atoms with Crippen LogP contribution >= 0.6 is 24.0 Å². The second-order valence-electron chi connectivity index (χ2n) is 2.86. The standard InChI is InChI=1S/C10H9N3S2/c1-15-10-11-9(14)8(12-13-10)7-5-3-2-4-6-7/h2-6H,1H3,(H,11,13,14). The molecule has 0 amide bonds. The topological polar surface area (TPSA) is 41.6 Å². The molecule has 0 fully saturated rings. The summed E-state index contributed by atoms with van der Waals surface area (Å²) in [4.78, 5) is 4.23. The highest BCUT2D eigenvalue weighted by Crippen LogP contribution is 2.17. The Hall–Kier alpha value is -1.20. The van der Waals surface area contributed by atoms with Crippen LogP contribution in [0.1, 0.15) is 0 Å². The summed E-state index contributed by atoms with van der Waals surface area (Å²) in [5, 5.41) is 7.80. The van der Waals surface area contributed by atoms with E-state index in [0.717, 1.165) is 16.4 Å². The maximum atomic E-state index is 5.18. The Labute approximate surface area is 97.0 Å². The summed E-state index contributed by atoms with van der Waals surface area (Å²) in [7, 11) is 0. The van der Waals surface area contributed by atoms with Gasteiger partial charge in [-0.1, -0.05) is 54.3 Å². The number of rotatable bonds is 2. The lowest BCUT2D eigenvalue weighted by molar-refractivity contribution is 0.839. The number of thioether (sulfide) groups is 1. The van der Waals surface area contributed by atoms with Gasteiger partial charge >= 0.3 is 0 Å². The molecule has 0 spiro atoms. The molecule has 0 saturated carbocycles. The minimum Gasteiger partial charge on any atom is -0.255 e. The Morgan fingerprint density at radius 1 is 1.27 bits per heavy atom. The molecule has 0 saturated heterocycles. The minimum atomic E-state index is 0.532. The highest BCUT2D eigenvalue weighted by Gasteiger charge is 2.03. The van der Waals surface area contributed by atoms with Gasteiger partial charge in [0, 0.05) is 5.56 Å². The van der Waals surface area contributed by atoms with E-state index < -0.39 is 0 Å². The van der Waals surface area contributed by atoms with Crippen molar-refractivity contribution in [1.29, 1.82) is 0 Å². The van der Waals surface area contributed by atoms with E-state index in [1.165, 1.54) is 11.8 Å². The molecule has 0 atom stereocenters. The van der Waals surface area contributed by atoms with E-state index in [-0.39, 0.29) is 0 Å². The highest BCUT2D eigenvalue weighted by molar-refractivity contribution is 7.98. The van der Waals surface area contributed by atoms with Crippen LogP contribution in [0.5, 0.6) is 0 Å². The van der Waals surface area contributed by atoms with Crippen molar-refractivity contribution in [1.82, 2.24) is 15.2 Å². The van der Waals surface area contributed by atoms with Gasteiger partial charge in [-0.15, -0.1) is 0 Å². The normalized spacial score (nSPS) is 10.2. The molecule has 1 aromatic heterocycles. The first-order valence-electron chi connectivity index (χ1n) is 4.37. The lowest BCUT2D eigenvalue weighted by Crippen LogP contribution is -1.94. The monoisotopic (exact) mass is 235 g/mol. The van der Waals surface area contributed by atoms with Gasteiger partial charge in [-0.3, -0.25) is 5.10 Å². The molecule has 2 aromatic rings. The van der Waals surface area contributed by atoms with Crippen LogP contribution in [0.3, 0.4) is 0 Å². The molecule has 5 heteroatoms. The fourth-order valence-corrected chi connectivity index (χ4v) is 1.83. The van der Waals surface area contributed by atoms with E-state index in [2.05, 4.69) is 15.2 Å². The number of H-pyrrole nitrogens is 1. The van der Waals surface area contributed by atoms with Crippen molar-refractivity contribution in [3.8, 4) is 11.3 Å². The van der Waals surface area contributed by atoms with Gasteiger partial charge in [0.1, 0.15) is 5.69 Å². The first kappa shape index (κ1) is 10.3. The Balaban J connectivity index is 2.51. The Morgan fingerprint density at radius 2 is 2.00 bits per heavy atom. The third-order valence-corrected chi connectivity index (χ3v) is 2.76. The molecule has 3 nitrogen and oxygen atoms in total. The van der Waals surface area contributed by atoms with E-state index in [1.807, 2.05) is 36.6 Å². The van der Waals surface area contributed by atoms with Crippen molar-refractivity contribution < 1.29 is 0 Å². The molecule has 0 bridgehead atoms. The van der Waals surface area contributed by atoms with Crippen LogP contribution in [0.25, 0.3) is 11.3 Å². The van der Waals surface area contributed by atoms with Gasteiger partial charge in [0.15, 0.2) is 9.80 Å². The minimum absolute atomic E-state index is 0.532. The van der Waals surface area contributed by atoms with Crippen molar-refractivity contribution in [2.45, 2.75) is 5.16 Å². The first-order valence-corrected chi connectivity index (χ1v) is 6.00. The van der Waals surface area contributed by atoms with Gasteiger partial charge in [-0.25, -0.2) is 4.98 Å². The summed E-state index contributed by atoms with van der Waals surface area (Å²) in [5.74, 6) is 0. The number of benzene rings is 1. The SMILES string of the molecule is CSc1nc(=S)c(-c2ccccc2)n[nH]1. The molecule has 0 aliphatic rings. The summed E-state index contributed by atoms with van der Waals surface area (Å²) in [6.45, 7) is 0. The van der Waals surface area contributed by atoms with Crippen LogP contribution in [0.4, 0.5) is 0 Å². The predicted molar refractivity (Wildman–Crippen MR) is 64.4 cm³/mol. The maximum absolute atomic E-state index is 5.18. The third-order valence-electron chi connectivity index (χ3n) is 1.91. The first-order chi connectivity index (χ1) is 7.31. The van der Waals surface area contributed by atoms with Gasteiger partial charge in [-0.05, 0) is 6.26 Å². The highest BCUT2D eigenvalue weighted by atomic mass is 32.2. The molecule has 2 rings (SSSR count). The quantitative estimate of drug-likeness (QED) is 0.642. The van der Waals surface area contributed by atoms with E-state index in [9.17, 15) is 0 Å². The van der Waals surface area contributed by atoms with E-state index >= 15 is 0 Å². The Bertz CT molecular complexity index is 508. The molecule has 1 N–H and O–H groups in total. The summed E-state index contributed by atoms with van der Waals surface area (Å²) in [6, 6.07) is 9.79. The van der Waals surface area contributed by atoms with Gasteiger partial charge < -0.3 is 0 Å². The number of aromatic amines is 1. The second-order valence-corrected chi connectivity index (χ2v) is 4.05. The molecule has 0 aliphatic heterocycles. The van der Waals surface area contributed by atoms with Gasteiger partial charge in [0.25, 0.3) is 0 Å². The summed E-state index contributed by atoms with van der Waals surface area (Å²) in [6.07, 6.45) is 1.93. The number of hydrogen-bond acceptors (Lipinski definition) is 4. The summed E-state index contributed by atoms with van der Waals surface area (Å²) >= 11 is 6.67. The van der Waals surface area contributed by atoms with Crippen LogP contribution in [0.15, 0.2) is 35.5 Å². The van der Waals surface area contributed by atoms with Crippen LogP contribution in [-0.4, -0.2) is 21.4 Å². The third kappa shape index (κ3) is 2.24. The summed E-state index contributed by atoms with van der Waals surface area (Å²) < 4.78 is 0.532. The van der Waals surface area contributed by atoms with Gasteiger partial charge in [0.2, 0.25) is 0 Å². The molecular formula is C10H9N3S2. The number of nitrogens with zero attached hydrogens (tertiary/aromatic N) is 2. The molecule has 0 aliphatic carbocycles. The Morgan fingerprint density at radius 3 is 2.60 bits per heavy atom. The zero-order chi connectivity index (χ0) is 10.7. The molecule has 1 aromatic carbocycles. The summed E-state index contributed by atoms with van der Waals surface area (Å²) in [5.41, 5.74) is 1.71. The average Bonchev–Trinajstić information content (AvgIpc) is 2.30. The fourth-order valence-electron chi connectivity index (χ4n) is 1.20. The second kappa shape index (κ2) is 4.55. The van der Waals surface area contributed by atoms with Crippen molar-refractivity contribution in [3.63, 3.8) is 0 Å². The predicted octanol–water partition coefficient (Wildman–Crippen LogP) is 2.92. The van der Waals surface area contributed by atoms with Gasteiger partial charge in [0.05, 0.1) is 0 Å². The van der Waals surface area contributed by atoms with Crippen molar-refractivity contribution >= 4 is 24.0 Å². The zero-order valence-corrected chi connectivity index (χ0v) is 9.73. The lowest BCUT2D eigenvalue weighted by atomic mass is 10.2.